The monoisotopic (exact) mass is 377 g/mol. The molecular formula is C20H28FN3O3. The summed E-state index contributed by atoms with van der Waals surface area (Å²) in [4.78, 5) is 28.4. The number of likely N-dealkylation sites (tertiary alicyclic amines) is 1. The Hall–Kier alpha value is -2.31. The molecule has 0 aliphatic carbocycles. The van der Waals surface area contributed by atoms with E-state index in [1.807, 2.05) is 26.8 Å². The van der Waals surface area contributed by atoms with Gasteiger partial charge in [0.25, 0.3) is 0 Å². The highest BCUT2D eigenvalue weighted by atomic mass is 19.1. The van der Waals surface area contributed by atoms with Crippen LogP contribution in [0.1, 0.15) is 40.0 Å². The van der Waals surface area contributed by atoms with Crippen LogP contribution in [0.25, 0.3) is 0 Å². The van der Waals surface area contributed by atoms with Crippen molar-refractivity contribution in [1.29, 1.82) is 0 Å². The minimum atomic E-state index is -0.565. The van der Waals surface area contributed by atoms with Crippen LogP contribution in [0, 0.1) is 11.7 Å². The summed E-state index contributed by atoms with van der Waals surface area (Å²) in [5.74, 6) is -0.883. The number of amides is 2. The smallest absolute Gasteiger partial charge is 0.410 e. The first-order valence-corrected chi connectivity index (χ1v) is 9.55. The van der Waals surface area contributed by atoms with Crippen molar-refractivity contribution in [1.82, 2.24) is 4.90 Å². The standard InChI is InChI=1S/C20H28FN3O3/c1-20(2,3)27-19(26)24-9-6-14(13-24)18(25)22-16-10-15(21)11-17(12-16)23-7-4-5-8-23/h10-12,14H,4-9,13H2,1-3H3,(H,22,25). The van der Waals surface area contributed by atoms with Gasteiger partial charge in [-0.2, -0.15) is 0 Å². The van der Waals surface area contributed by atoms with Crippen LogP contribution in [-0.4, -0.2) is 48.7 Å². The summed E-state index contributed by atoms with van der Waals surface area (Å²) in [5.41, 5.74) is 0.688. The number of hydrogen-bond acceptors (Lipinski definition) is 4. The van der Waals surface area contributed by atoms with E-state index in [1.54, 1.807) is 4.90 Å². The molecule has 2 aliphatic rings. The third-order valence-corrected chi connectivity index (χ3v) is 4.83. The largest absolute Gasteiger partial charge is 0.444 e. The van der Waals surface area contributed by atoms with Crippen LogP contribution < -0.4 is 10.2 Å². The molecule has 1 unspecified atom stereocenters. The first kappa shape index (κ1) is 19.5. The Morgan fingerprint density at radius 2 is 1.85 bits per heavy atom. The Kier molecular flexibility index (Phi) is 5.58. The summed E-state index contributed by atoms with van der Waals surface area (Å²) in [6.45, 7) is 8.05. The highest BCUT2D eigenvalue weighted by molar-refractivity contribution is 5.93. The molecule has 0 bridgehead atoms. The summed E-state index contributed by atoms with van der Waals surface area (Å²) in [6.07, 6.45) is 2.36. The minimum absolute atomic E-state index is 0.195. The average molecular weight is 377 g/mol. The minimum Gasteiger partial charge on any atom is -0.444 e. The first-order chi connectivity index (χ1) is 12.7. The highest BCUT2D eigenvalue weighted by Crippen LogP contribution is 2.26. The number of nitrogens with one attached hydrogen (secondary N) is 1. The van der Waals surface area contributed by atoms with Crippen LogP contribution in [0.5, 0.6) is 0 Å². The summed E-state index contributed by atoms with van der Waals surface area (Å²) in [7, 11) is 0. The van der Waals surface area contributed by atoms with Crippen LogP contribution in [-0.2, 0) is 9.53 Å². The van der Waals surface area contributed by atoms with Gasteiger partial charge in [-0.15, -0.1) is 0 Å². The predicted octanol–water partition coefficient (Wildman–Crippen LogP) is 3.62. The second-order valence-corrected chi connectivity index (χ2v) is 8.29. The highest BCUT2D eigenvalue weighted by Gasteiger charge is 2.33. The van der Waals surface area contributed by atoms with Gasteiger partial charge in [0.05, 0.1) is 5.92 Å². The van der Waals surface area contributed by atoms with Crippen LogP contribution >= 0.6 is 0 Å². The van der Waals surface area contributed by atoms with Crippen molar-refractivity contribution in [2.24, 2.45) is 5.92 Å². The Morgan fingerprint density at radius 3 is 2.52 bits per heavy atom. The normalized spacial score (nSPS) is 20.1. The second kappa shape index (κ2) is 7.74. The molecule has 2 amide bonds. The van der Waals surface area contributed by atoms with Crippen molar-refractivity contribution < 1.29 is 18.7 Å². The molecule has 7 heteroatoms. The zero-order valence-corrected chi connectivity index (χ0v) is 16.3. The lowest BCUT2D eigenvalue weighted by Gasteiger charge is -2.24. The summed E-state index contributed by atoms with van der Waals surface area (Å²) in [5, 5.41) is 2.81. The van der Waals surface area contributed by atoms with Gasteiger partial charge in [0.15, 0.2) is 0 Å². The zero-order chi connectivity index (χ0) is 19.6. The number of rotatable bonds is 3. The van der Waals surface area contributed by atoms with E-state index in [0.29, 0.717) is 25.2 Å². The van der Waals surface area contributed by atoms with E-state index in [4.69, 9.17) is 4.74 Å². The van der Waals surface area contributed by atoms with Crippen molar-refractivity contribution in [2.45, 2.75) is 45.6 Å². The number of ether oxygens (including phenoxy) is 1. The lowest BCUT2D eigenvalue weighted by molar-refractivity contribution is -0.119. The van der Waals surface area contributed by atoms with E-state index >= 15 is 0 Å². The molecule has 0 radical (unpaired) electrons. The topological polar surface area (TPSA) is 61.9 Å². The van der Waals surface area contributed by atoms with Gasteiger partial charge in [0.1, 0.15) is 11.4 Å². The van der Waals surface area contributed by atoms with Gasteiger partial charge < -0.3 is 19.9 Å². The van der Waals surface area contributed by atoms with Crippen LogP contribution in [0.15, 0.2) is 18.2 Å². The van der Waals surface area contributed by atoms with Gasteiger partial charge in [-0.25, -0.2) is 9.18 Å². The Bertz CT molecular complexity index is 711. The number of carbonyl (C=O) groups is 2. The van der Waals surface area contributed by atoms with Crippen molar-refractivity contribution in [3.8, 4) is 0 Å². The fourth-order valence-electron chi connectivity index (χ4n) is 3.52. The molecule has 0 spiro atoms. The molecule has 1 aromatic carbocycles. The molecule has 1 N–H and O–H groups in total. The molecule has 2 heterocycles. The lowest BCUT2D eigenvalue weighted by atomic mass is 10.1. The van der Waals surface area contributed by atoms with Crippen molar-refractivity contribution in [3.05, 3.63) is 24.0 Å². The average Bonchev–Trinajstić information content (AvgIpc) is 3.25. The van der Waals surface area contributed by atoms with Crippen molar-refractivity contribution in [2.75, 3.05) is 36.4 Å². The number of anilines is 2. The fourth-order valence-corrected chi connectivity index (χ4v) is 3.52. The third-order valence-electron chi connectivity index (χ3n) is 4.83. The van der Waals surface area contributed by atoms with Crippen molar-refractivity contribution in [3.63, 3.8) is 0 Å². The summed E-state index contributed by atoms with van der Waals surface area (Å²) in [6, 6.07) is 4.64. The third kappa shape index (κ3) is 5.11. The van der Waals surface area contributed by atoms with Crippen LogP contribution in [0.3, 0.4) is 0 Å². The molecule has 27 heavy (non-hydrogen) atoms. The van der Waals surface area contributed by atoms with E-state index in [0.717, 1.165) is 31.6 Å². The molecule has 1 atom stereocenters. The SMILES string of the molecule is CC(C)(C)OC(=O)N1CCC(C(=O)Nc2cc(F)cc(N3CCCC3)c2)C1. The molecule has 0 saturated carbocycles. The van der Waals surface area contributed by atoms with Gasteiger partial charge in [0.2, 0.25) is 5.91 Å². The molecule has 148 valence electrons. The number of benzene rings is 1. The Labute approximate surface area is 159 Å². The zero-order valence-electron chi connectivity index (χ0n) is 16.3. The van der Waals surface area contributed by atoms with Gasteiger partial charge in [0, 0.05) is 37.6 Å². The maximum atomic E-state index is 14.0. The Balaban J connectivity index is 1.60. The van der Waals surface area contributed by atoms with Gasteiger partial charge >= 0.3 is 6.09 Å². The maximum Gasteiger partial charge on any atom is 0.410 e. The summed E-state index contributed by atoms with van der Waals surface area (Å²) >= 11 is 0. The quantitative estimate of drug-likeness (QED) is 0.874. The van der Waals surface area contributed by atoms with Crippen LogP contribution in [0.2, 0.25) is 0 Å². The Morgan fingerprint density at radius 1 is 1.15 bits per heavy atom. The van der Waals surface area contributed by atoms with Gasteiger partial charge in [-0.1, -0.05) is 0 Å². The van der Waals surface area contributed by atoms with Gasteiger partial charge in [-0.3, -0.25) is 4.79 Å². The molecule has 3 rings (SSSR count). The van der Waals surface area contributed by atoms with Crippen molar-refractivity contribution >= 4 is 23.4 Å². The number of hydrogen-bond donors (Lipinski definition) is 1. The predicted molar refractivity (Wildman–Crippen MR) is 102 cm³/mol. The van der Waals surface area contributed by atoms with E-state index in [2.05, 4.69) is 10.2 Å². The first-order valence-electron chi connectivity index (χ1n) is 9.55. The number of halogens is 1. The number of nitrogens with zero attached hydrogens (tertiary/aromatic N) is 2. The molecular weight excluding hydrogens is 349 g/mol. The lowest BCUT2D eigenvalue weighted by Crippen LogP contribution is -2.36. The number of carbonyl (C=O) groups excluding carboxylic acids is 2. The molecule has 0 aromatic heterocycles. The maximum absolute atomic E-state index is 14.0. The van der Waals surface area contributed by atoms with E-state index in [9.17, 15) is 14.0 Å². The molecule has 1 aromatic rings. The summed E-state index contributed by atoms with van der Waals surface area (Å²) < 4.78 is 19.3. The fraction of sp³-hybridized carbons (Fsp3) is 0.600. The van der Waals surface area contributed by atoms with Gasteiger partial charge in [-0.05, 0) is 58.2 Å². The van der Waals surface area contributed by atoms with E-state index in [1.165, 1.54) is 12.1 Å². The van der Waals surface area contributed by atoms with E-state index < -0.39 is 11.7 Å². The molecule has 6 nitrogen and oxygen atoms in total. The second-order valence-electron chi connectivity index (χ2n) is 8.29. The molecule has 2 saturated heterocycles. The molecule has 2 fully saturated rings. The molecule has 2 aliphatic heterocycles. The van der Waals surface area contributed by atoms with Crippen LogP contribution in [0.4, 0.5) is 20.6 Å². The van der Waals surface area contributed by atoms with E-state index in [-0.39, 0.29) is 17.6 Å².